The lowest BCUT2D eigenvalue weighted by molar-refractivity contribution is -0.116. The predicted molar refractivity (Wildman–Crippen MR) is 126 cm³/mol. The SMILES string of the molecule is COc1cccc(NC(=O)C[C@H](c2cc(OC)c(OC)c(OC)c2)c2c(O)cc(C)oc2=O)c1. The van der Waals surface area contributed by atoms with Crippen LogP contribution in [-0.4, -0.2) is 39.5 Å². The second kappa shape index (κ2) is 10.7. The molecule has 2 aromatic carbocycles. The van der Waals surface area contributed by atoms with Crippen LogP contribution in [-0.2, 0) is 4.79 Å². The van der Waals surface area contributed by atoms with Crippen molar-refractivity contribution in [2.75, 3.05) is 33.8 Å². The molecule has 0 saturated carbocycles. The average molecular weight is 469 g/mol. The summed E-state index contributed by atoms with van der Waals surface area (Å²) in [6.07, 6.45) is -0.183. The summed E-state index contributed by atoms with van der Waals surface area (Å²) in [7, 11) is 5.92. The molecular formula is C25H27NO8. The molecule has 0 fully saturated rings. The van der Waals surface area contributed by atoms with Gasteiger partial charge in [-0.05, 0) is 36.8 Å². The lowest BCUT2D eigenvalue weighted by Crippen LogP contribution is -2.21. The summed E-state index contributed by atoms with van der Waals surface area (Å²) in [6.45, 7) is 1.55. The van der Waals surface area contributed by atoms with Gasteiger partial charge >= 0.3 is 5.63 Å². The first kappa shape index (κ1) is 24.5. The highest BCUT2D eigenvalue weighted by molar-refractivity contribution is 5.91. The van der Waals surface area contributed by atoms with Gasteiger partial charge in [0.2, 0.25) is 11.7 Å². The quantitative estimate of drug-likeness (QED) is 0.485. The standard InChI is InChI=1S/C25H27NO8/c1-14-9-19(27)23(25(29)34-14)18(13-22(28)26-16-7-6-8-17(12-16)30-2)15-10-20(31-3)24(33-5)21(11-15)32-4/h6-12,18,27H,13H2,1-5H3,(H,26,28)/t18-/m1/s1. The summed E-state index contributed by atoms with van der Waals surface area (Å²) in [6, 6.07) is 11.5. The van der Waals surface area contributed by atoms with E-state index in [1.165, 1.54) is 34.5 Å². The van der Waals surface area contributed by atoms with Crippen molar-refractivity contribution in [3.63, 3.8) is 0 Å². The van der Waals surface area contributed by atoms with Crippen molar-refractivity contribution in [1.29, 1.82) is 0 Å². The molecule has 0 unspecified atom stereocenters. The van der Waals surface area contributed by atoms with Gasteiger partial charge in [0, 0.05) is 30.2 Å². The maximum absolute atomic E-state index is 13.0. The Balaban J connectivity index is 2.09. The topological polar surface area (TPSA) is 116 Å². The number of hydrogen-bond donors (Lipinski definition) is 2. The molecule has 9 nitrogen and oxygen atoms in total. The van der Waals surface area contributed by atoms with Gasteiger partial charge in [-0.3, -0.25) is 4.79 Å². The molecule has 3 rings (SSSR count). The molecule has 0 aliphatic rings. The van der Waals surface area contributed by atoms with Crippen molar-refractivity contribution in [2.24, 2.45) is 0 Å². The molecule has 1 atom stereocenters. The van der Waals surface area contributed by atoms with Crippen LogP contribution in [0, 0.1) is 6.92 Å². The number of rotatable bonds is 9. The third-order valence-corrected chi connectivity index (χ3v) is 5.27. The molecule has 1 aromatic heterocycles. The Bertz CT molecular complexity index is 1210. The fourth-order valence-corrected chi connectivity index (χ4v) is 3.71. The van der Waals surface area contributed by atoms with E-state index in [9.17, 15) is 14.7 Å². The normalized spacial score (nSPS) is 11.4. The van der Waals surface area contributed by atoms with Gasteiger partial charge in [0.15, 0.2) is 11.5 Å². The molecule has 0 spiro atoms. The monoisotopic (exact) mass is 469 g/mol. The number of aryl methyl sites for hydroxylation is 1. The molecule has 0 aliphatic heterocycles. The molecule has 0 radical (unpaired) electrons. The zero-order valence-corrected chi connectivity index (χ0v) is 19.6. The highest BCUT2D eigenvalue weighted by atomic mass is 16.5. The smallest absolute Gasteiger partial charge is 0.343 e. The van der Waals surface area contributed by atoms with Gasteiger partial charge in [-0.1, -0.05) is 6.07 Å². The summed E-state index contributed by atoms with van der Waals surface area (Å²) in [5.41, 5.74) is 0.209. The lowest BCUT2D eigenvalue weighted by Gasteiger charge is -2.21. The fraction of sp³-hybridized carbons (Fsp3) is 0.280. The van der Waals surface area contributed by atoms with E-state index in [0.717, 1.165) is 0 Å². The zero-order valence-electron chi connectivity index (χ0n) is 19.6. The second-order valence-corrected chi connectivity index (χ2v) is 7.44. The number of aromatic hydroxyl groups is 1. The number of benzene rings is 2. The number of hydrogen-bond acceptors (Lipinski definition) is 8. The first-order valence-corrected chi connectivity index (χ1v) is 10.4. The molecule has 9 heteroatoms. The van der Waals surface area contributed by atoms with Crippen LogP contribution < -0.4 is 29.9 Å². The van der Waals surface area contributed by atoms with E-state index in [1.807, 2.05) is 0 Å². The molecular weight excluding hydrogens is 442 g/mol. The Morgan fingerprint density at radius 1 is 1.00 bits per heavy atom. The summed E-state index contributed by atoms with van der Waals surface area (Å²) in [5, 5.41) is 13.4. The van der Waals surface area contributed by atoms with E-state index in [0.29, 0.717) is 34.2 Å². The van der Waals surface area contributed by atoms with E-state index in [4.69, 9.17) is 23.4 Å². The van der Waals surface area contributed by atoms with Gasteiger partial charge in [0.25, 0.3) is 0 Å². The Morgan fingerprint density at radius 3 is 2.24 bits per heavy atom. The van der Waals surface area contributed by atoms with Crippen LogP contribution in [0.25, 0.3) is 0 Å². The number of anilines is 1. The number of carbonyl (C=O) groups is 1. The molecule has 1 amide bonds. The van der Waals surface area contributed by atoms with E-state index >= 15 is 0 Å². The Kier molecular flexibility index (Phi) is 7.68. The third-order valence-electron chi connectivity index (χ3n) is 5.27. The molecule has 2 N–H and O–H groups in total. The van der Waals surface area contributed by atoms with Crippen LogP contribution in [0.5, 0.6) is 28.7 Å². The van der Waals surface area contributed by atoms with Crippen molar-refractivity contribution in [3.05, 3.63) is 69.8 Å². The van der Waals surface area contributed by atoms with Crippen molar-refractivity contribution in [3.8, 4) is 28.7 Å². The zero-order chi connectivity index (χ0) is 24.8. The minimum absolute atomic E-state index is 0.0549. The Morgan fingerprint density at radius 2 is 1.68 bits per heavy atom. The minimum atomic E-state index is -0.879. The third kappa shape index (κ3) is 5.25. The number of nitrogens with one attached hydrogen (secondary N) is 1. The van der Waals surface area contributed by atoms with Gasteiger partial charge in [-0.2, -0.15) is 0 Å². The summed E-state index contributed by atoms with van der Waals surface area (Å²) in [5.74, 6) is 0.307. The van der Waals surface area contributed by atoms with Crippen LogP contribution in [0.4, 0.5) is 5.69 Å². The molecule has 0 saturated heterocycles. The van der Waals surface area contributed by atoms with E-state index in [1.54, 1.807) is 43.3 Å². The highest BCUT2D eigenvalue weighted by Gasteiger charge is 2.28. The van der Waals surface area contributed by atoms with Crippen LogP contribution >= 0.6 is 0 Å². The summed E-state index contributed by atoms with van der Waals surface area (Å²) in [4.78, 5) is 25.8. The average Bonchev–Trinajstić information content (AvgIpc) is 2.81. The predicted octanol–water partition coefficient (Wildman–Crippen LogP) is 3.85. The molecule has 180 valence electrons. The lowest BCUT2D eigenvalue weighted by atomic mass is 9.88. The Labute approximate surface area is 196 Å². The number of ether oxygens (including phenoxy) is 4. The van der Waals surface area contributed by atoms with Crippen LogP contribution in [0.15, 0.2) is 51.7 Å². The first-order chi connectivity index (χ1) is 16.3. The van der Waals surface area contributed by atoms with Gasteiger partial charge in [-0.15, -0.1) is 0 Å². The maximum atomic E-state index is 13.0. The highest BCUT2D eigenvalue weighted by Crippen LogP contribution is 2.43. The summed E-state index contributed by atoms with van der Waals surface area (Å²) >= 11 is 0. The molecule has 0 aliphatic carbocycles. The molecule has 0 bridgehead atoms. The van der Waals surface area contributed by atoms with Crippen LogP contribution in [0.2, 0.25) is 0 Å². The Hall–Kier alpha value is -4.14. The minimum Gasteiger partial charge on any atom is -0.507 e. The number of amides is 1. The van der Waals surface area contributed by atoms with Gasteiger partial charge in [0.05, 0.1) is 34.0 Å². The molecule has 34 heavy (non-hydrogen) atoms. The number of carbonyl (C=O) groups excluding carboxylic acids is 1. The summed E-state index contributed by atoms with van der Waals surface area (Å²) < 4.78 is 26.7. The van der Waals surface area contributed by atoms with Crippen LogP contribution in [0.1, 0.15) is 29.2 Å². The van der Waals surface area contributed by atoms with Gasteiger partial charge in [0.1, 0.15) is 17.3 Å². The second-order valence-electron chi connectivity index (χ2n) is 7.44. The van der Waals surface area contributed by atoms with Crippen molar-refractivity contribution < 1.29 is 33.3 Å². The van der Waals surface area contributed by atoms with E-state index in [2.05, 4.69) is 5.32 Å². The van der Waals surface area contributed by atoms with Crippen LogP contribution in [0.3, 0.4) is 0 Å². The van der Waals surface area contributed by atoms with Crippen molar-refractivity contribution >= 4 is 11.6 Å². The van der Waals surface area contributed by atoms with Crippen molar-refractivity contribution in [1.82, 2.24) is 0 Å². The van der Waals surface area contributed by atoms with Crippen molar-refractivity contribution in [2.45, 2.75) is 19.3 Å². The largest absolute Gasteiger partial charge is 0.507 e. The fourth-order valence-electron chi connectivity index (χ4n) is 3.71. The van der Waals surface area contributed by atoms with Gasteiger partial charge < -0.3 is 33.8 Å². The van der Waals surface area contributed by atoms with E-state index < -0.39 is 17.5 Å². The first-order valence-electron chi connectivity index (χ1n) is 10.4. The van der Waals surface area contributed by atoms with Gasteiger partial charge in [-0.25, -0.2) is 4.79 Å². The molecule has 3 aromatic rings. The molecule has 1 heterocycles. The maximum Gasteiger partial charge on any atom is 0.343 e. The van der Waals surface area contributed by atoms with E-state index in [-0.39, 0.29) is 23.5 Å². The number of methoxy groups -OCH3 is 4.